The first-order valence-corrected chi connectivity index (χ1v) is 25.0. The molecule has 0 atom stereocenters. The van der Waals surface area contributed by atoms with Crippen molar-refractivity contribution in [3.63, 3.8) is 0 Å². The summed E-state index contributed by atoms with van der Waals surface area (Å²) >= 11 is 0. The van der Waals surface area contributed by atoms with E-state index in [1.165, 1.54) is 126 Å². The van der Waals surface area contributed by atoms with E-state index in [4.69, 9.17) is 0 Å². The predicted octanol–water partition coefficient (Wildman–Crippen LogP) is 18.8. The maximum absolute atomic E-state index is 2.53. The molecule has 1 heterocycles. The van der Waals surface area contributed by atoms with Crippen LogP contribution in [0.1, 0.15) is 68.6 Å². The molecule has 0 amide bonds. The van der Waals surface area contributed by atoms with Gasteiger partial charge in [-0.05, 0) is 134 Å². The zero-order valence-electron chi connectivity index (χ0n) is 39.4. The molecule has 0 bridgehead atoms. The molecule has 11 aromatic rings. The lowest BCUT2D eigenvalue weighted by molar-refractivity contribution is 0.445. The monoisotopic (exact) mass is 886 g/mol. The molecule has 13 rings (SSSR count). The Morgan fingerprint density at radius 3 is 1.84 bits per heavy atom. The molecule has 2 aliphatic rings. The number of nitrogens with zero attached hydrogens (tertiary/aromatic N) is 2. The zero-order chi connectivity index (χ0) is 46.1. The first-order chi connectivity index (χ1) is 34.0. The minimum Gasteiger partial charge on any atom is -0.309 e. The van der Waals surface area contributed by atoms with Gasteiger partial charge >= 0.3 is 0 Å². The summed E-state index contributed by atoms with van der Waals surface area (Å²) in [6.45, 7) is 4.73. The van der Waals surface area contributed by atoms with Gasteiger partial charge in [-0.3, -0.25) is 0 Å². The quantitative estimate of drug-likeness (QED) is 0.148. The van der Waals surface area contributed by atoms with Crippen molar-refractivity contribution in [2.45, 2.75) is 57.3 Å². The highest BCUT2D eigenvalue weighted by Crippen LogP contribution is 2.53. The number of hydrogen-bond donors (Lipinski definition) is 0. The number of benzene rings is 10. The predicted molar refractivity (Wildman–Crippen MR) is 293 cm³/mol. The van der Waals surface area contributed by atoms with E-state index in [1.54, 1.807) is 0 Å². The van der Waals surface area contributed by atoms with Crippen molar-refractivity contribution in [2.75, 3.05) is 4.90 Å². The number of para-hydroxylation sites is 4. The fourth-order valence-corrected chi connectivity index (χ4v) is 12.3. The molecule has 0 N–H and O–H groups in total. The van der Waals surface area contributed by atoms with E-state index >= 15 is 0 Å². The van der Waals surface area contributed by atoms with Crippen LogP contribution in [-0.2, 0) is 5.41 Å². The summed E-state index contributed by atoms with van der Waals surface area (Å²) in [6.07, 6.45) is 6.44. The van der Waals surface area contributed by atoms with Crippen molar-refractivity contribution in [3.05, 3.63) is 241 Å². The fourth-order valence-electron chi connectivity index (χ4n) is 12.3. The van der Waals surface area contributed by atoms with Gasteiger partial charge in [-0.25, -0.2) is 0 Å². The molecule has 1 saturated carbocycles. The normalized spacial score (nSPS) is 14.3. The summed E-state index contributed by atoms with van der Waals surface area (Å²) in [7, 11) is 0. The van der Waals surface area contributed by atoms with Crippen LogP contribution in [-0.4, -0.2) is 4.57 Å². The molecule has 0 unspecified atom stereocenters. The van der Waals surface area contributed by atoms with E-state index < -0.39 is 0 Å². The lowest BCUT2D eigenvalue weighted by Crippen LogP contribution is -2.14. The maximum atomic E-state index is 2.53. The lowest BCUT2D eigenvalue weighted by Gasteiger charge is -2.31. The second-order valence-electron chi connectivity index (χ2n) is 19.8. The van der Waals surface area contributed by atoms with Gasteiger partial charge in [-0.15, -0.1) is 0 Å². The van der Waals surface area contributed by atoms with Crippen LogP contribution >= 0.6 is 0 Å². The number of aromatic nitrogens is 1. The van der Waals surface area contributed by atoms with Gasteiger partial charge in [0.05, 0.1) is 22.4 Å². The largest absolute Gasteiger partial charge is 0.309 e. The van der Waals surface area contributed by atoms with Gasteiger partial charge in [0.25, 0.3) is 0 Å². The number of rotatable bonds is 8. The highest BCUT2D eigenvalue weighted by molar-refractivity contribution is 6.11. The van der Waals surface area contributed by atoms with Crippen molar-refractivity contribution in [3.8, 4) is 50.2 Å². The van der Waals surface area contributed by atoms with Gasteiger partial charge in [-0.1, -0.05) is 203 Å². The molecule has 2 aliphatic carbocycles. The minimum absolute atomic E-state index is 0.0654. The number of fused-ring (bicyclic) bond motifs is 7. The molecule has 0 radical (unpaired) electrons. The van der Waals surface area contributed by atoms with E-state index in [9.17, 15) is 0 Å². The first-order valence-electron chi connectivity index (χ1n) is 25.0. The van der Waals surface area contributed by atoms with Crippen LogP contribution in [0, 0.1) is 0 Å². The van der Waals surface area contributed by atoms with Crippen molar-refractivity contribution in [1.29, 1.82) is 0 Å². The van der Waals surface area contributed by atoms with Crippen LogP contribution in [0.5, 0.6) is 0 Å². The summed E-state index contributed by atoms with van der Waals surface area (Å²) in [5.74, 6) is 0.569. The van der Waals surface area contributed by atoms with E-state index in [2.05, 4.69) is 248 Å². The second-order valence-corrected chi connectivity index (χ2v) is 19.8. The van der Waals surface area contributed by atoms with Gasteiger partial charge in [0.2, 0.25) is 0 Å². The number of anilines is 3. The summed E-state index contributed by atoms with van der Waals surface area (Å²) in [6, 6.07) is 84.0. The Balaban J connectivity index is 1.02. The summed E-state index contributed by atoms with van der Waals surface area (Å²) in [5, 5.41) is 5.19. The second kappa shape index (κ2) is 16.7. The summed E-state index contributed by atoms with van der Waals surface area (Å²) in [5.41, 5.74) is 21.2. The lowest BCUT2D eigenvalue weighted by atomic mass is 9.80. The van der Waals surface area contributed by atoms with Crippen LogP contribution in [0.3, 0.4) is 0 Å². The highest BCUT2D eigenvalue weighted by atomic mass is 15.1. The average Bonchev–Trinajstić information content (AvgIpc) is 3.87. The Morgan fingerprint density at radius 2 is 1.03 bits per heavy atom. The highest BCUT2D eigenvalue weighted by Gasteiger charge is 2.36. The molecule has 2 nitrogen and oxygen atoms in total. The van der Waals surface area contributed by atoms with E-state index in [0.717, 1.165) is 22.7 Å². The van der Waals surface area contributed by atoms with E-state index in [-0.39, 0.29) is 5.41 Å². The Morgan fingerprint density at radius 1 is 0.435 bits per heavy atom. The molecular formula is C67H54N2. The first kappa shape index (κ1) is 41.3. The standard InChI is InChI=1S/C67H54N2/c1-67(2)59-33-13-9-29-57(59)66-53(31-19-34-60(66)67)46-38-41-50(42-39-46)69(62-36-15-11-27-54(62)56-32-18-23-47-22-17-30-52(65(47)56)45-20-5-3-6-21-45)61-35-14-10-26-51(61)48-40-43-64-58(44-48)55-28-12-16-37-63(55)68(64)49-24-7-4-8-25-49/h4,7-19,22-45H,3,5-6,20-21H2,1-2H3. The Bertz CT molecular complexity index is 3730. The smallest absolute Gasteiger partial charge is 0.0541 e. The molecular weight excluding hydrogens is 833 g/mol. The van der Waals surface area contributed by atoms with Crippen LogP contribution in [0.4, 0.5) is 17.1 Å². The fraction of sp³-hybridized carbons (Fsp3) is 0.134. The molecule has 1 aromatic heterocycles. The molecule has 1 fully saturated rings. The molecule has 10 aromatic carbocycles. The molecule has 69 heavy (non-hydrogen) atoms. The van der Waals surface area contributed by atoms with Crippen molar-refractivity contribution in [1.82, 2.24) is 4.57 Å². The molecule has 0 spiro atoms. The van der Waals surface area contributed by atoms with Crippen LogP contribution < -0.4 is 4.90 Å². The Kier molecular flexibility index (Phi) is 9.98. The Hall–Kier alpha value is -7.94. The van der Waals surface area contributed by atoms with Crippen LogP contribution in [0.25, 0.3) is 82.8 Å². The Labute approximate surface area is 405 Å². The van der Waals surface area contributed by atoms with Crippen LogP contribution in [0.15, 0.2) is 224 Å². The van der Waals surface area contributed by atoms with Crippen molar-refractivity contribution in [2.24, 2.45) is 0 Å². The summed E-state index contributed by atoms with van der Waals surface area (Å²) in [4.78, 5) is 2.53. The van der Waals surface area contributed by atoms with E-state index in [1.807, 2.05) is 0 Å². The van der Waals surface area contributed by atoms with Crippen molar-refractivity contribution < 1.29 is 0 Å². The van der Waals surface area contributed by atoms with Gasteiger partial charge in [0, 0.05) is 38.7 Å². The third kappa shape index (κ3) is 6.76. The summed E-state index contributed by atoms with van der Waals surface area (Å²) < 4.78 is 2.40. The molecule has 0 aliphatic heterocycles. The SMILES string of the molecule is CC1(C)c2ccccc2-c2c(-c3ccc(N(c4ccccc4-c4ccc5c(c4)c4ccccc4n5-c4ccccc4)c4ccccc4-c4cccc5cccc(C6CCCCC6)c45)cc3)cccc21. The van der Waals surface area contributed by atoms with Crippen LogP contribution in [0.2, 0.25) is 0 Å². The maximum Gasteiger partial charge on any atom is 0.0541 e. The third-order valence-electron chi connectivity index (χ3n) is 15.6. The number of hydrogen-bond acceptors (Lipinski definition) is 1. The average molecular weight is 887 g/mol. The van der Waals surface area contributed by atoms with E-state index in [0.29, 0.717) is 5.92 Å². The molecule has 332 valence electrons. The van der Waals surface area contributed by atoms with Gasteiger partial charge in [0.1, 0.15) is 0 Å². The molecule has 2 heteroatoms. The van der Waals surface area contributed by atoms with Crippen molar-refractivity contribution >= 4 is 49.6 Å². The molecule has 0 saturated heterocycles. The minimum atomic E-state index is -0.0654. The van der Waals surface area contributed by atoms with Gasteiger partial charge in [-0.2, -0.15) is 0 Å². The zero-order valence-corrected chi connectivity index (χ0v) is 39.4. The van der Waals surface area contributed by atoms with Gasteiger partial charge in [0.15, 0.2) is 0 Å². The topological polar surface area (TPSA) is 8.17 Å². The van der Waals surface area contributed by atoms with Gasteiger partial charge < -0.3 is 9.47 Å². The third-order valence-corrected chi connectivity index (χ3v) is 15.6.